The SMILES string of the molecule is COCOC1CCC(N(C(=O)C2CCC(C)CC2)c2cc(C3=CCC(C)(C)CC3)sc2C(=O)O)CC1. The fraction of sp³-hybridized carbons (Fsp3) is 0.724. The predicted octanol–water partition coefficient (Wildman–Crippen LogP) is 7.13. The number of methoxy groups -OCH3 is 1. The maximum absolute atomic E-state index is 14.1. The lowest BCUT2D eigenvalue weighted by Crippen LogP contribution is -2.47. The Morgan fingerprint density at radius 3 is 2.39 bits per heavy atom. The van der Waals surface area contributed by atoms with E-state index in [-0.39, 0.29) is 36.2 Å². The van der Waals surface area contributed by atoms with Crippen LogP contribution < -0.4 is 4.90 Å². The van der Waals surface area contributed by atoms with Crippen LogP contribution >= 0.6 is 11.3 Å². The third-order valence-corrected chi connectivity index (χ3v) is 9.68. The van der Waals surface area contributed by atoms with E-state index in [0.717, 1.165) is 75.5 Å². The van der Waals surface area contributed by atoms with Gasteiger partial charge in [0.05, 0.1) is 11.8 Å². The molecule has 0 unspecified atom stereocenters. The molecule has 3 aliphatic carbocycles. The van der Waals surface area contributed by atoms with Crippen molar-refractivity contribution in [2.45, 2.75) is 104 Å². The Bertz CT molecular complexity index is 951. The topological polar surface area (TPSA) is 76.1 Å². The number of amides is 1. The van der Waals surface area contributed by atoms with Crippen molar-refractivity contribution in [3.05, 3.63) is 21.9 Å². The number of thiophene rings is 1. The number of carboxylic acid groups (broad SMARTS) is 1. The molecule has 2 saturated carbocycles. The van der Waals surface area contributed by atoms with E-state index in [1.165, 1.54) is 16.9 Å². The Kier molecular flexibility index (Phi) is 8.95. The number of aromatic carboxylic acids is 1. The Morgan fingerprint density at radius 2 is 1.81 bits per heavy atom. The molecule has 1 N–H and O–H groups in total. The number of rotatable bonds is 8. The summed E-state index contributed by atoms with van der Waals surface area (Å²) in [5.74, 6) is -0.192. The lowest BCUT2D eigenvalue weighted by atomic mass is 9.78. The van der Waals surface area contributed by atoms with E-state index < -0.39 is 5.97 Å². The van der Waals surface area contributed by atoms with Crippen molar-refractivity contribution in [3.8, 4) is 0 Å². The normalized spacial score (nSPS) is 28.4. The minimum absolute atomic E-state index is 0.000867. The lowest BCUT2D eigenvalue weighted by Gasteiger charge is -2.39. The summed E-state index contributed by atoms with van der Waals surface area (Å²) in [5.41, 5.74) is 2.12. The molecule has 0 radical (unpaired) electrons. The van der Waals surface area contributed by atoms with Crippen LogP contribution in [0.25, 0.3) is 5.57 Å². The molecule has 6 nitrogen and oxygen atoms in total. The quantitative estimate of drug-likeness (QED) is 0.371. The first kappa shape index (κ1) is 27.3. The van der Waals surface area contributed by atoms with Gasteiger partial charge in [0, 0.05) is 23.9 Å². The zero-order chi connectivity index (χ0) is 25.9. The number of hydrogen-bond donors (Lipinski definition) is 1. The molecule has 0 atom stereocenters. The van der Waals surface area contributed by atoms with Gasteiger partial charge in [0.2, 0.25) is 5.91 Å². The van der Waals surface area contributed by atoms with E-state index in [4.69, 9.17) is 9.47 Å². The maximum Gasteiger partial charge on any atom is 0.348 e. The van der Waals surface area contributed by atoms with E-state index in [9.17, 15) is 14.7 Å². The van der Waals surface area contributed by atoms with Crippen LogP contribution in [0.15, 0.2) is 12.1 Å². The molecule has 200 valence electrons. The Labute approximate surface area is 220 Å². The minimum Gasteiger partial charge on any atom is -0.477 e. The van der Waals surface area contributed by atoms with Gasteiger partial charge in [0.25, 0.3) is 0 Å². The zero-order valence-electron chi connectivity index (χ0n) is 22.4. The molecule has 0 spiro atoms. The summed E-state index contributed by atoms with van der Waals surface area (Å²) in [5, 5.41) is 10.2. The summed E-state index contributed by atoms with van der Waals surface area (Å²) in [6.45, 7) is 7.09. The molecule has 0 aromatic carbocycles. The zero-order valence-corrected chi connectivity index (χ0v) is 23.2. The van der Waals surface area contributed by atoms with Crippen molar-refractivity contribution in [3.63, 3.8) is 0 Å². The number of nitrogens with zero attached hydrogens (tertiary/aromatic N) is 1. The maximum atomic E-state index is 14.1. The summed E-state index contributed by atoms with van der Waals surface area (Å²) >= 11 is 1.34. The molecular weight excluding hydrogens is 474 g/mol. The summed E-state index contributed by atoms with van der Waals surface area (Å²) in [6.07, 6.45) is 12.6. The highest BCUT2D eigenvalue weighted by Crippen LogP contribution is 2.44. The Balaban J connectivity index is 1.64. The third-order valence-electron chi connectivity index (χ3n) is 8.49. The molecule has 0 saturated heterocycles. The highest BCUT2D eigenvalue weighted by atomic mass is 32.1. The van der Waals surface area contributed by atoms with Gasteiger partial charge in [-0.15, -0.1) is 11.3 Å². The van der Waals surface area contributed by atoms with Crippen LogP contribution in [0.3, 0.4) is 0 Å². The highest BCUT2D eigenvalue weighted by Gasteiger charge is 2.38. The van der Waals surface area contributed by atoms with E-state index in [2.05, 4.69) is 26.8 Å². The standard InChI is InChI=1S/C29H43NO5S/c1-19-5-7-21(8-6-19)27(31)30(22-9-11-23(12-10-22)35-18-34-4)24-17-25(36-26(24)28(32)33)20-13-15-29(2,3)16-14-20/h13,17,19,21-23H,5-12,14-16,18H2,1-4H3,(H,32,33). The van der Waals surface area contributed by atoms with E-state index in [1.807, 2.05) is 11.0 Å². The Hall–Kier alpha value is -1.70. The van der Waals surface area contributed by atoms with Gasteiger partial charge in [-0.3, -0.25) is 4.79 Å². The van der Waals surface area contributed by atoms with Crippen LogP contribution in [0.2, 0.25) is 0 Å². The number of carbonyl (C=O) groups is 2. The molecule has 0 aliphatic heterocycles. The molecule has 1 aromatic heterocycles. The van der Waals surface area contributed by atoms with Gasteiger partial charge in [-0.05, 0) is 93.6 Å². The average Bonchev–Trinajstić information content (AvgIpc) is 3.29. The van der Waals surface area contributed by atoms with Gasteiger partial charge >= 0.3 is 5.97 Å². The highest BCUT2D eigenvalue weighted by molar-refractivity contribution is 7.15. The molecule has 1 aromatic rings. The molecule has 1 amide bonds. The van der Waals surface area contributed by atoms with Crippen LogP contribution in [0.5, 0.6) is 0 Å². The molecule has 0 bridgehead atoms. The van der Waals surface area contributed by atoms with Crippen molar-refractivity contribution in [2.75, 3.05) is 18.8 Å². The predicted molar refractivity (Wildman–Crippen MR) is 145 cm³/mol. The van der Waals surface area contributed by atoms with Crippen molar-refractivity contribution < 1.29 is 24.2 Å². The second kappa shape index (κ2) is 11.8. The molecule has 3 aliphatic rings. The molecule has 7 heteroatoms. The number of anilines is 1. The third kappa shape index (κ3) is 6.40. The molecular formula is C29H43NO5S. The van der Waals surface area contributed by atoms with E-state index >= 15 is 0 Å². The molecule has 4 rings (SSSR count). The smallest absolute Gasteiger partial charge is 0.348 e. The lowest BCUT2D eigenvalue weighted by molar-refractivity contribution is -0.124. The van der Waals surface area contributed by atoms with Crippen LogP contribution in [0, 0.1) is 17.3 Å². The molecule has 1 heterocycles. The van der Waals surface area contributed by atoms with Crippen LogP contribution in [-0.2, 0) is 14.3 Å². The number of carboxylic acids is 1. The summed E-state index contributed by atoms with van der Waals surface area (Å²) < 4.78 is 10.9. The first-order chi connectivity index (χ1) is 17.2. The largest absolute Gasteiger partial charge is 0.477 e. The average molecular weight is 518 g/mol. The van der Waals surface area contributed by atoms with Gasteiger partial charge in [-0.2, -0.15) is 0 Å². The van der Waals surface area contributed by atoms with Crippen LogP contribution in [-0.4, -0.2) is 43.0 Å². The summed E-state index contributed by atoms with van der Waals surface area (Å²) in [4.78, 5) is 29.7. The van der Waals surface area contributed by atoms with Crippen molar-refractivity contribution >= 4 is 34.5 Å². The first-order valence-corrected chi connectivity index (χ1v) is 14.5. The van der Waals surface area contributed by atoms with Crippen LogP contribution in [0.4, 0.5) is 5.69 Å². The second-order valence-electron chi connectivity index (χ2n) is 11.9. The number of carbonyl (C=O) groups excluding carboxylic acids is 1. The van der Waals surface area contributed by atoms with Gasteiger partial charge < -0.3 is 19.5 Å². The first-order valence-electron chi connectivity index (χ1n) is 13.7. The van der Waals surface area contributed by atoms with Crippen molar-refractivity contribution in [1.29, 1.82) is 0 Å². The fourth-order valence-electron chi connectivity index (χ4n) is 6.01. The fourth-order valence-corrected chi connectivity index (χ4v) is 7.06. The van der Waals surface area contributed by atoms with Gasteiger partial charge in [-0.25, -0.2) is 4.79 Å². The summed E-state index contributed by atoms with van der Waals surface area (Å²) in [6, 6.07) is 2.01. The number of allylic oxidation sites excluding steroid dienone is 2. The minimum atomic E-state index is -0.940. The van der Waals surface area contributed by atoms with E-state index in [0.29, 0.717) is 16.5 Å². The summed E-state index contributed by atoms with van der Waals surface area (Å²) in [7, 11) is 1.63. The van der Waals surface area contributed by atoms with Crippen molar-refractivity contribution in [2.24, 2.45) is 17.3 Å². The monoisotopic (exact) mass is 517 g/mol. The van der Waals surface area contributed by atoms with E-state index in [1.54, 1.807) is 7.11 Å². The van der Waals surface area contributed by atoms with Gasteiger partial charge in [0.1, 0.15) is 11.7 Å². The second-order valence-corrected chi connectivity index (χ2v) is 12.9. The number of ether oxygens (including phenoxy) is 2. The number of hydrogen-bond acceptors (Lipinski definition) is 5. The molecule has 2 fully saturated rings. The van der Waals surface area contributed by atoms with Gasteiger partial charge in [0.15, 0.2) is 0 Å². The Morgan fingerprint density at radius 1 is 1.11 bits per heavy atom. The molecule has 36 heavy (non-hydrogen) atoms. The van der Waals surface area contributed by atoms with Gasteiger partial charge in [-0.1, -0.05) is 26.8 Å². The van der Waals surface area contributed by atoms with Crippen LogP contribution in [0.1, 0.15) is 106 Å². The van der Waals surface area contributed by atoms with Crippen molar-refractivity contribution in [1.82, 2.24) is 0 Å².